The largest absolute Gasteiger partial charge is 0.375 e. The minimum atomic E-state index is -0.798. The summed E-state index contributed by atoms with van der Waals surface area (Å²) >= 11 is 3.37. The van der Waals surface area contributed by atoms with Gasteiger partial charge in [0.15, 0.2) is 0 Å². The fourth-order valence-corrected chi connectivity index (χ4v) is 2.35. The molecule has 4 nitrogen and oxygen atoms in total. The number of nitrogens with two attached hydrogens (primary N) is 1. The maximum atomic E-state index is 11.7. The zero-order valence-corrected chi connectivity index (χ0v) is 11.2. The van der Waals surface area contributed by atoms with Crippen LogP contribution in [-0.4, -0.2) is 24.2 Å². The van der Waals surface area contributed by atoms with Crippen LogP contribution in [0.3, 0.4) is 0 Å². The molecule has 0 spiro atoms. The van der Waals surface area contributed by atoms with Crippen LogP contribution in [-0.2, 0) is 9.53 Å². The van der Waals surface area contributed by atoms with Crippen molar-refractivity contribution < 1.29 is 9.53 Å². The summed E-state index contributed by atoms with van der Waals surface area (Å²) in [6.07, 6.45) is 0.378. The van der Waals surface area contributed by atoms with Gasteiger partial charge in [-0.1, -0.05) is 15.9 Å². The zero-order chi connectivity index (χ0) is 12.5. The third kappa shape index (κ3) is 2.30. The Morgan fingerprint density at radius 1 is 1.53 bits per heavy atom. The van der Waals surface area contributed by atoms with E-state index in [0.29, 0.717) is 13.0 Å². The molecule has 0 radical (unpaired) electrons. The lowest BCUT2D eigenvalue weighted by molar-refractivity contribution is -0.123. The van der Waals surface area contributed by atoms with E-state index in [-0.39, 0.29) is 12.0 Å². The van der Waals surface area contributed by atoms with Gasteiger partial charge in [-0.3, -0.25) is 4.79 Å². The molecule has 1 aromatic rings. The van der Waals surface area contributed by atoms with Crippen molar-refractivity contribution in [3.8, 4) is 0 Å². The molecule has 2 atom stereocenters. The summed E-state index contributed by atoms with van der Waals surface area (Å²) in [5.41, 5.74) is 5.58. The van der Waals surface area contributed by atoms with E-state index in [4.69, 9.17) is 10.5 Å². The quantitative estimate of drug-likeness (QED) is 0.896. The molecule has 92 valence electrons. The number of halogens is 1. The van der Waals surface area contributed by atoms with Crippen molar-refractivity contribution in [1.29, 1.82) is 0 Å². The van der Waals surface area contributed by atoms with Crippen LogP contribution in [0, 0.1) is 0 Å². The van der Waals surface area contributed by atoms with Crippen molar-refractivity contribution in [2.75, 3.05) is 11.9 Å². The number of amides is 1. The number of hydrogen-bond acceptors (Lipinski definition) is 3. The minimum Gasteiger partial charge on any atom is -0.375 e. The molecule has 2 rings (SSSR count). The van der Waals surface area contributed by atoms with Crippen molar-refractivity contribution in [2.45, 2.75) is 25.0 Å². The van der Waals surface area contributed by atoms with E-state index in [1.807, 2.05) is 31.2 Å². The molecule has 1 amide bonds. The Morgan fingerprint density at radius 3 is 2.65 bits per heavy atom. The van der Waals surface area contributed by atoms with E-state index in [2.05, 4.69) is 21.2 Å². The highest BCUT2D eigenvalue weighted by molar-refractivity contribution is 9.10. The number of benzene rings is 1. The van der Waals surface area contributed by atoms with Gasteiger partial charge in [-0.2, -0.15) is 0 Å². The van der Waals surface area contributed by atoms with E-state index in [9.17, 15) is 4.79 Å². The number of carbonyl (C=O) groups excluding carboxylic acids is 1. The van der Waals surface area contributed by atoms with Gasteiger partial charge in [-0.05, 0) is 31.2 Å². The Morgan fingerprint density at radius 2 is 2.18 bits per heavy atom. The average molecular weight is 299 g/mol. The van der Waals surface area contributed by atoms with E-state index >= 15 is 0 Å². The van der Waals surface area contributed by atoms with Crippen LogP contribution in [0.1, 0.15) is 13.3 Å². The van der Waals surface area contributed by atoms with Crippen LogP contribution in [0.15, 0.2) is 28.7 Å². The number of rotatable bonds is 3. The average Bonchev–Trinajstić information content (AvgIpc) is 2.65. The van der Waals surface area contributed by atoms with Gasteiger partial charge >= 0.3 is 0 Å². The summed E-state index contributed by atoms with van der Waals surface area (Å²) in [5.74, 6) is -0.370. The van der Waals surface area contributed by atoms with Crippen LogP contribution < -0.4 is 11.1 Å². The first-order valence-electron chi connectivity index (χ1n) is 5.50. The SMILES string of the molecule is CC1OCCC1(Nc1ccc(Br)cc1)C(N)=O. The summed E-state index contributed by atoms with van der Waals surface area (Å²) < 4.78 is 6.45. The van der Waals surface area contributed by atoms with Gasteiger partial charge in [-0.15, -0.1) is 0 Å². The molecular formula is C12H15BrN2O2. The molecule has 5 heteroatoms. The van der Waals surface area contributed by atoms with Crippen molar-refractivity contribution in [3.63, 3.8) is 0 Å². The van der Waals surface area contributed by atoms with Crippen LogP contribution in [0.25, 0.3) is 0 Å². The highest BCUT2D eigenvalue weighted by Crippen LogP contribution is 2.30. The summed E-state index contributed by atoms with van der Waals surface area (Å²) in [7, 11) is 0. The molecule has 1 aliphatic rings. The maximum Gasteiger partial charge on any atom is 0.245 e. The normalized spacial score (nSPS) is 28.0. The Balaban J connectivity index is 2.24. The molecule has 1 aromatic carbocycles. The summed E-state index contributed by atoms with van der Waals surface area (Å²) in [4.78, 5) is 11.7. The second-order valence-corrected chi connectivity index (χ2v) is 5.15. The summed E-state index contributed by atoms with van der Waals surface area (Å²) in [6.45, 7) is 2.41. The molecule has 0 aromatic heterocycles. The van der Waals surface area contributed by atoms with Gasteiger partial charge in [0.1, 0.15) is 5.54 Å². The topological polar surface area (TPSA) is 64.3 Å². The standard InChI is InChI=1S/C12H15BrN2O2/c1-8-12(11(14)16,6-7-17-8)15-10-4-2-9(13)3-5-10/h2-5,8,15H,6-7H2,1H3,(H2,14,16). The first kappa shape index (κ1) is 12.4. The Kier molecular flexibility index (Phi) is 3.40. The van der Waals surface area contributed by atoms with Crippen LogP contribution in [0.2, 0.25) is 0 Å². The van der Waals surface area contributed by atoms with Crippen LogP contribution in [0.4, 0.5) is 5.69 Å². The van der Waals surface area contributed by atoms with Gasteiger partial charge in [0.25, 0.3) is 0 Å². The molecule has 2 unspecified atom stereocenters. The summed E-state index contributed by atoms with van der Waals surface area (Å²) in [6, 6.07) is 7.63. The maximum absolute atomic E-state index is 11.7. The second kappa shape index (κ2) is 4.66. The predicted octanol–water partition coefficient (Wildman–Crippen LogP) is 1.89. The van der Waals surface area contributed by atoms with Crippen LogP contribution in [0.5, 0.6) is 0 Å². The fraction of sp³-hybridized carbons (Fsp3) is 0.417. The molecule has 1 saturated heterocycles. The third-order valence-corrected chi connectivity index (χ3v) is 3.74. The molecular weight excluding hydrogens is 284 g/mol. The van der Waals surface area contributed by atoms with E-state index in [1.54, 1.807) is 0 Å². The van der Waals surface area contributed by atoms with Crippen molar-refractivity contribution >= 4 is 27.5 Å². The second-order valence-electron chi connectivity index (χ2n) is 4.23. The third-order valence-electron chi connectivity index (χ3n) is 3.21. The van der Waals surface area contributed by atoms with E-state index in [0.717, 1.165) is 10.2 Å². The molecule has 0 aliphatic carbocycles. The molecule has 0 saturated carbocycles. The van der Waals surface area contributed by atoms with Gasteiger partial charge < -0.3 is 15.8 Å². The Hall–Kier alpha value is -1.07. The summed E-state index contributed by atoms with van der Waals surface area (Å²) in [5, 5.41) is 3.21. The van der Waals surface area contributed by atoms with Gasteiger partial charge in [-0.25, -0.2) is 0 Å². The molecule has 1 heterocycles. The molecule has 1 aliphatic heterocycles. The minimum absolute atomic E-state index is 0.219. The smallest absolute Gasteiger partial charge is 0.245 e. The lowest BCUT2D eigenvalue weighted by Crippen LogP contribution is -2.55. The first-order chi connectivity index (χ1) is 8.04. The van der Waals surface area contributed by atoms with Gasteiger partial charge in [0.2, 0.25) is 5.91 Å². The number of nitrogens with one attached hydrogen (secondary N) is 1. The highest BCUT2D eigenvalue weighted by atomic mass is 79.9. The lowest BCUT2D eigenvalue weighted by atomic mass is 9.90. The van der Waals surface area contributed by atoms with Crippen molar-refractivity contribution in [2.24, 2.45) is 5.73 Å². The van der Waals surface area contributed by atoms with E-state index < -0.39 is 5.54 Å². The first-order valence-corrected chi connectivity index (χ1v) is 6.29. The molecule has 0 bridgehead atoms. The number of primary amides is 1. The van der Waals surface area contributed by atoms with Crippen LogP contribution >= 0.6 is 15.9 Å². The van der Waals surface area contributed by atoms with Gasteiger partial charge in [0.05, 0.1) is 6.10 Å². The Bertz CT molecular complexity index is 421. The van der Waals surface area contributed by atoms with Crippen molar-refractivity contribution in [3.05, 3.63) is 28.7 Å². The molecule has 1 fully saturated rings. The van der Waals surface area contributed by atoms with Gasteiger partial charge in [0, 0.05) is 23.2 Å². The van der Waals surface area contributed by atoms with E-state index in [1.165, 1.54) is 0 Å². The lowest BCUT2D eigenvalue weighted by Gasteiger charge is -2.30. The number of anilines is 1. The Labute approximate surface area is 109 Å². The molecule has 3 N–H and O–H groups in total. The number of ether oxygens (including phenoxy) is 1. The highest BCUT2D eigenvalue weighted by Gasteiger charge is 2.46. The zero-order valence-electron chi connectivity index (χ0n) is 9.57. The number of hydrogen-bond donors (Lipinski definition) is 2. The molecule has 17 heavy (non-hydrogen) atoms. The van der Waals surface area contributed by atoms with Crippen molar-refractivity contribution in [1.82, 2.24) is 0 Å². The fourth-order valence-electron chi connectivity index (χ4n) is 2.08. The monoisotopic (exact) mass is 298 g/mol. The number of carbonyl (C=O) groups is 1. The predicted molar refractivity (Wildman–Crippen MR) is 69.7 cm³/mol.